The van der Waals surface area contributed by atoms with E-state index in [2.05, 4.69) is 21.7 Å². The summed E-state index contributed by atoms with van der Waals surface area (Å²) in [6.07, 6.45) is 6.02. The van der Waals surface area contributed by atoms with E-state index in [4.69, 9.17) is 0 Å². The summed E-state index contributed by atoms with van der Waals surface area (Å²) in [7, 11) is 0. The number of nitrogens with one attached hydrogen (secondary N) is 1. The Bertz CT molecular complexity index is 778. The van der Waals surface area contributed by atoms with Crippen LogP contribution in [-0.2, 0) is 6.54 Å². The number of hydrogen-bond acceptors (Lipinski definition) is 3. The molecule has 0 spiro atoms. The minimum Gasteiger partial charge on any atom is -0.332 e. The molecule has 6 heteroatoms. The summed E-state index contributed by atoms with van der Waals surface area (Å²) < 4.78 is 1.96. The van der Waals surface area contributed by atoms with Crippen LogP contribution in [0.25, 0.3) is 5.65 Å². The lowest BCUT2D eigenvalue weighted by Gasteiger charge is -2.24. The fourth-order valence-corrected chi connectivity index (χ4v) is 4.00. The highest BCUT2D eigenvalue weighted by Crippen LogP contribution is 2.34. The minimum atomic E-state index is -0.00189. The first-order valence-corrected chi connectivity index (χ1v) is 8.70. The van der Waals surface area contributed by atoms with Crippen LogP contribution in [0.3, 0.4) is 0 Å². The molecule has 1 aliphatic rings. The first-order valence-electron chi connectivity index (χ1n) is 7.82. The number of rotatable bonds is 3. The molecule has 1 atom stereocenters. The Balaban J connectivity index is 1.43. The van der Waals surface area contributed by atoms with Crippen molar-refractivity contribution in [2.24, 2.45) is 0 Å². The van der Waals surface area contributed by atoms with Gasteiger partial charge in [0.2, 0.25) is 0 Å². The van der Waals surface area contributed by atoms with Gasteiger partial charge < -0.3 is 14.6 Å². The molecular formula is C17H18N4OS. The fraction of sp³-hybridized carbons (Fsp3) is 0.294. The number of imidazole rings is 1. The number of carbonyl (C=O) groups is 1. The maximum Gasteiger partial charge on any atom is 0.318 e. The maximum absolute atomic E-state index is 12.5. The summed E-state index contributed by atoms with van der Waals surface area (Å²) in [6, 6.07) is 10.3. The van der Waals surface area contributed by atoms with Crippen LogP contribution in [-0.4, -0.2) is 26.9 Å². The van der Waals surface area contributed by atoms with Gasteiger partial charge in [0.1, 0.15) is 5.65 Å². The van der Waals surface area contributed by atoms with Crippen molar-refractivity contribution in [3.63, 3.8) is 0 Å². The normalized spacial score (nSPS) is 17.7. The van der Waals surface area contributed by atoms with Gasteiger partial charge in [-0.05, 0) is 36.4 Å². The van der Waals surface area contributed by atoms with Gasteiger partial charge in [-0.25, -0.2) is 9.78 Å². The fourth-order valence-electron chi connectivity index (χ4n) is 3.13. The number of likely N-dealkylation sites (tertiary alicyclic amines) is 1. The lowest BCUT2D eigenvalue weighted by atomic mass is 10.2. The van der Waals surface area contributed by atoms with Crippen LogP contribution < -0.4 is 5.32 Å². The topological polar surface area (TPSA) is 49.6 Å². The molecule has 5 nitrogen and oxygen atoms in total. The SMILES string of the molecule is O=C(NCc1cn2ccccc2n1)N1CCCC1c1cccs1. The van der Waals surface area contributed by atoms with Gasteiger partial charge in [0, 0.05) is 23.8 Å². The van der Waals surface area contributed by atoms with E-state index in [0.29, 0.717) is 6.54 Å². The quantitative estimate of drug-likeness (QED) is 0.801. The van der Waals surface area contributed by atoms with Gasteiger partial charge in [0.15, 0.2) is 0 Å². The minimum absolute atomic E-state index is 0.00189. The first-order chi connectivity index (χ1) is 11.3. The first kappa shape index (κ1) is 14.3. The maximum atomic E-state index is 12.5. The molecule has 3 aromatic heterocycles. The zero-order chi connectivity index (χ0) is 15.6. The highest BCUT2D eigenvalue weighted by atomic mass is 32.1. The van der Waals surface area contributed by atoms with Crippen LogP contribution in [0, 0.1) is 0 Å². The van der Waals surface area contributed by atoms with E-state index in [1.807, 2.05) is 46.0 Å². The number of hydrogen-bond donors (Lipinski definition) is 1. The number of fused-ring (bicyclic) bond motifs is 1. The number of carbonyl (C=O) groups excluding carboxylic acids is 1. The van der Waals surface area contributed by atoms with E-state index < -0.39 is 0 Å². The monoisotopic (exact) mass is 326 g/mol. The van der Waals surface area contributed by atoms with E-state index in [1.54, 1.807) is 11.3 Å². The molecule has 1 aliphatic heterocycles. The molecule has 2 amide bonds. The average molecular weight is 326 g/mol. The van der Waals surface area contributed by atoms with Gasteiger partial charge in [0.25, 0.3) is 0 Å². The van der Waals surface area contributed by atoms with Crippen molar-refractivity contribution < 1.29 is 4.79 Å². The number of thiophene rings is 1. The Kier molecular flexibility index (Phi) is 3.75. The molecule has 0 aliphatic carbocycles. The van der Waals surface area contributed by atoms with Crippen molar-refractivity contribution >= 4 is 23.0 Å². The van der Waals surface area contributed by atoms with E-state index >= 15 is 0 Å². The van der Waals surface area contributed by atoms with E-state index in [1.165, 1.54) is 4.88 Å². The largest absolute Gasteiger partial charge is 0.332 e. The molecule has 0 aromatic carbocycles. The Labute approximate surface area is 138 Å². The van der Waals surface area contributed by atoms with Gasteiger partial charge in [-0.3, -0.25) is 0 Å². The van der Waals surface area contributed by atoms with Crippen LogP contribution >= 0.6 is 11.3 Å². The van der Waals surface area contributed by atoms with Crippen LogP contribution in [0.4, 0.5) is 4.79 Å². The van der Waals surface area contributed by atoms with E-state index in [-0.39, 0.29) is 12.1 Å². The van der Waals surface area contributed by atoms with Crippen molar-refractivity contribution in [2.45, 2.75) is 25.4 Å². The highest BCUT2D eigenvalue weighted by Gasteiger charge is 2.30. The van der Waals surface area contributed by atoms with Gasteiger partial charge in [-0.1, -0.05) is 12.1 Å². The van der Waals surface area contributed by atoms with Crippen molar-refractivity contribution in [2.75, 3.05) is 6.54 Å². The van der Waals surface area contributed by atoms with Crippen molar-refractivity contribution in [1.29, 1.82) is 0 Å². The van der Waals surface area contributed by atoms with Gasteiger partial charge in [0.05, 0.1) is 18.3 Å². The molecule has 23 heavy (non-hydrogen) atoms. The second-order valence-electron chi connectivity index (χ2n) is 5.72. The predicted molar refractivity (Wildman–Crippen MR) is 90.4 cm³/mol. The third-order valence-corrected chi connectivity index (χ3v) is 5.19. The van der Waals surface area contributed by atoms with Crippen LogP contribution in [0.2, 0.25) is 0 Å². The van der Waals surface area contributed by atoms with Crippen LogP contribution in [0.5, 0.6) is 0 Å². The second kappa shape index (κ2) is 6.04. The molecule has 118 valence electrons. The molecule has 4 heterocycles. The van der Waals surface area contributed by atoms with Gasteiger partial charge in [-0.2, -0.15) is 0 Å². The Morgan fingerprint density at radius 2 is 2.30 bits per heavy atom. The third kappa shape index (κ3) is 2.82. The summed E-state index contributed by atoms with van der Waals surface area (Å²) in [5.41, 5.74) is 1.77. The summed E-state index contributed by atoms with van der Waals surface area (Å²) in [6.45, 7) is 1.27. The Morgan fingerprint density at radius 3 is 3.13 bits per heavy atom. The zero-order valence-corrected chi connectivity index (χ0v) is 13.5. The van der Waals surface area contributed by atoms with Crippen LogP contribution in [0.1, 0.15) is 29.5 Å². The predicted octanol–water partition coefficient (Wildman–Crippen LogP) is 3.44. The van der Waals surface area contributed by atoms with Crippen molar-refractivity contribution in [3.8, 4) is 0 Å². The standard InChI is InChI=1S/C17H18N4OS/c22-17(21-9-3-5-14(21)15-6-4-10-23-15)18-11-13-12-20-8-2-1-7-16(20)19-13/h1-2,4,6-8,10,12,14H,3,5,9,11H2,(H,18,22). The lowest BCUT2D eigenvalue weighted by Crippen LogP contribution is -2.39. The van der Waals surface area contributed by atoms with E-state index in [9.17, 15) is 4.79 Å². The van der Waals surface area contributed by atoms with Gasteiger partial charge in [-0.15, -0.1) is 11.3 Å². The molecule has 1 unspecified atom stereocenters. The average Bonchev–Trinajstić information content (AvgIpc) is 3.31. The molecule has 3 aromatic rings. The number of nitrogens with zero attached hydrogens (tertiary/aromatic N) is 3. The summed E-state index contributed by atoms with van der Waals surface area (Å²) in [5.74, 6) is 0. The highest BCUT2D eigenvalue weighted by molar-refractivity contribution is 7.10. The second-order valence-corrected chi connectivity index (χ2v) is 6.70. The molecular weight excluding hydrogens is 308 g/mol. The molecule has 0 radical (unpaired) electrons. The third-order valence-electron chi connectivity index (χ3n) is 4.22. The van der Waals surface area contributed by atoms with E-state index in [0.717, 1.165) is 30.7 Å². The molecule has 1 saturated heterocycles. The number of aromatic nitrogens is 2. The zero-order valence-electron chi connectivity index (χ0n) is 12.7. The molecule has 0 bridgehead atoms. The number of amides is 2. The number of pyridine rings is 1. The smallest absolute Gasteiger partial charge is 0.318 e. The summed E-state index contributed by atoms with van der Waals surface area (Å²) in [4.78, 5) is 20.3. The van der Waals surface area contributed by atoms with Crippen molar-refractivity contribution in [3.05, 3.63) is 58.7 Å². The molecule has 0 saturated carbocycles. The summed E-state index contributed by atoms with van der Waals surface area (Å²) >= 11 is 1.72. The summed E-state index contributed by atoms with van der Waals surface area (Å²) in [5, 5.41) is 5.08. The lowest BCUT2D eigenvalue weighted by molar-refractivity contribution is 0.193. The van der Waals surface area contributed by atoms with Crippen LogP contribution in [0.15, 0.2) is 48.1 Å². The Hall–Kier alpha value is -2.34. The molecule has 1 N–H and O–H groups in total. The van der Waals surface area contributed by atoms with Gasteiger partial charge >= 0.3 is 6.03 Å². The van der Waals surface area contributed by atoms with Crippen molar-refractivity contribution in [1.82, 2.24) is 19.6 Å². The molecule has 1 fully saturated rings. The Morgan fingerprint density at radius 1 is 1.35 bits per heavy atom. The molecule has 4 rings (SSSR count). The number of urea groups is 1.